The topological polar surface area (TPSA) is 26.7 Å². The van der Waals surface area contributed by atoms with Gasteiger partial charge >= 0.3 is 0 Å². The summed E-state index contributed by atoms with van der Waals surface area (Å²) in [4.78, 5) is 4.31. The second-order valence-electron chi connectivity index (χ2n) is 8.87. The van der Waals surface area contributed by atoms with Crippen LogP contribution in [0.3, 0.4) is 0 Å². The highest BCUT2D eigenvalue weighted by molar-refractivity contribution is 5.44. The summed E-state index contributed by atoms with van der Waals surface area (Å²) < 4.78 is 0. The van der Waals surface area contributed by atoms with E-state index in [0.29, 0.717) is 6.04 Å². The minimum atomic E-state index is -0.422. The largest absolute Gasteiger partial charge is 0.392 e. The number of benzene rings is 3. The predicted octanol–water partition coefficient (Wildman–Crippen LogP) is 5.84. The molecule has 3 aromatic carbocycles. The first-order valence-corrected chi connectivity index (χ1v) is 11.5. The smallest absolute Gasteiger partial charge is 0.0675 e. The van der Waals surface area contributed by atoms with Crippen LogP contribution in [0.4, 0.5) is 5.69 Å². The van der Waals surface area contributed by atoms with E-state index >= 15 is 0 Å². The van der Waals surface area contributed by atoms with Crippen molar-refractivity contribution in [3.63, 3.8) is 0 Å². The summed E-state index contributed by atoms with van der Waals surface area (Å²) >= 11 is 0. The average molecular weight is 433 g/mol. The first-order valence-electron chi connectivity index (χ1n) is 11.5. The van der Waals surface area contributed by atoms with E-state index in [1.807, 2.05) is 44.4 Å². The lowest BCUT2D eigenvalue weighted by Crippen LogP contribution is -2.45. The molecule has 172 valence electrons. The molecule has 32 heavy (non-hydrogen) atoms. The summed E-state index contributed by atoms with van der Waals surface area (Å²) in [5.74, 6) is 0. The summed E-state index contributed by atoms with van der Waals surface area (Å²) in [5.41, 5.74) is 3.24. The van der Waals surface area contributed by atoms with Crippen LogP contribution in [-0.2, 0) is 5.41 Å². The summed E-state index contributed by atoms with van der Waals surface area (Å²) in [5, 5.41) is 11.1. The van der Waals surface area contributed by atoms with Crippen molar-refractivity contribution < 1.29 is 5.11 Å². The van der Waals surface area contributed by atoms with Gasteiger partial charge in [-0.1, -0.05) is 85.8 Å². The maximum atomic E-state index is 11.1. The van der Waals surface area contributed by atoms with Crippen molar-refractivity contribution in [1.82, 2.24) is 4.90 Å². The van der Waals surface area contributed by atoms with Crippen LogP contribution in [0.15, 0.2) is 91.0 Å². The van der Waals surface area contributed by atoms with Gasteiger partial charge in [0.15, 0.2) is 0 Å². The van der Waals surface area contributed by atoms with Gasteiger partial charge in [0.2, 0.25) is 0 Å². The third kappa shape index (κ3) is 6.44. The van der Waals surface area contributed by atoms with Crippen molar-refractivity contribution in [3.05, 3.63) is 102 Å². The lowest BCUT2D eigenvalue weighted by molar-refractivity contribution is 0.0773. The molecule has 0 aliphatic carbocycles. The van der Waals surface area contributed by atoms with E-state index in [2.05, 4.69) is 98.4 Å². The van der Waals surface area contributed by atoms with Crippen molar-refractivity contribution in [1.29, 1.82) is 0 Å². The van der Waals surface area contributed by atoms with Crippen molar-refractivity contribution >= 4 is 5.69 Å². The Kier molecular flexibility index (Phi) is 9.96. The van der Waals surface area contributed by atoms with Crippen LogP contribution < -0.4 is 4.90 Å². The SMILES string of the molecule is CCC(O)C(CC(C)N(C)C)(c1ccccc1)c1ccccc1.CN(C)c1ccccc1. The van der Waals surface area contributed by atoms with Crippen LogP contribution >= 0.6 is 0 Å². The van der Waals surface area contributed by atoms with E-state index in [9.17, 15) is 5.11 Å². The summed E-state index contributed by atoms with van der Waals surface area (Å²) in [7, 11) is 8.28. The maximum absolute atomic E-state index is 11.1. The zero-order valence-corrected chi connectivity index (χ0v) is 20.6. The molecule has 0 amide bonds. The van der Waals surface area contributed by atoms with Crippen molar-refractivity contribution in [2.75, 3.05) is 33.1 Å². The highest BCUT2D eigenvalue weighted by atomic mass is 16.3. The Hall–Kier alpha value is -2.62. The molecule has 3 aromatic rings. The van der Waals surface area contributed by atoms with Gasteiger partial charge in [-0.2, -0.15) is 0 Å². The van der Waals surface area contributed by atoms with Gasteiger partial charge in [0.05, 0.1) is 6.10 Å². The number of para-hydroxylation sites is 1. The molecular formula is C29H40N2O. The monoisotopic (exact) mass is 432 g/mol. The van der Waals surface area contributed by atoms with Crippen LogP contribution in [-0.4, -0.2) is 50.3 Å². The van der Waals surface area contributed by atoms with Gasteiger partial charge in [-0.3, -0.25) is 0 Å². The van der Waals surface area contributed by atoms with Crippen LogP contribution in [0, 0.1) is 0 Å². The number of hydrogen-bond acceptors (Lipinski definition) is 3. The molecule has 0 radical (unpaired) electrons. The molecule has 3 nitrogen and oxygen atoms in total. The molecule has 3 rings (SSSR count). The van der Waals surface area contributed by atoms with Gasteiger partial charge in [0, 0.05) is 31.2 Å². The molecule has 1 N–H and O–H groups in total. The second-order valence-corrected chi connectivity index (χ2v) is 8.87. The van der Waals surface area contributed by atoms with Crippen molar-refractivity contribution in [3.8, 4) is 0 Å². The molecule has 0 spiro atoms. The zero-order chi connectivity index (χ0) is 23.6. The van der Waals surface area contributed by atoms with Crippen LogP contribution in [0.1, 0.15) is 37.8 Å². The number of hydrogen-bond donors (Lipinski definition) is 1. The van der Waals surface area contributed by atoms with Crippen LogP contribution in [0.5, 0.6) is 0 Å². The Morgan fingerprint density at radius 1 is 0.719 bits per heavy atom. The Labute approximate surface area is 195 Å². The molecular weight excluding hydrogens is 392 g/mol. The zero-order valence-electron chi connectivity index (χ0n) is 20.6. The fourth-order valence-corrected chi connectivity index (χ4v) is 4.12. The Morgan fingerprint density at radius 2 is 1.12 bits per heavy atom. The van der Waals surface area contributed by atoms with Gasteiger partial charge in [0.1, 0.15) is 0 Å². The first kappa shape index (κ1) is 25.6. The number of aliphatic hydroxyl groups is 1. The lowest BCUT2D eigenvalue weighted by Gasteiger charge is -2.42. The van der Waals surface area contributed by atoms with Gasteiger partial charge in [-0.25, -0.2) is 0 Å². The summed E-state index contributed by atoms with van der Waals surface area (Å²) in [6.07, 6.45) is 1.18. The predicted molar refractivity (Wildman–Crippen MR) is 138 cm³/mol. The van der Waals surface area contributed by atoms with Gasteiger partial charge in [-0.15, -0.1) is 0 Å². The molecule has 2 atom stereocenters. The number of aliphatic hydroxyl groups excluding tert-OH is 1. The quantitative estimate of drug-likeness (QED) is 0.485. The normalized spacial score (nSPS) is 13.1. The fraction of sp³-hybridized carbons (Fsp3) is 0.379. The lowest BCUT2D eigenvalue weighted by atomic mass is 9.66. The average Bonchev–Trinajstić information content (AvgIpc) is 2.84. The van der Waals surface area contributed by atoms with E-state index in [-0.39, 0.29) is 5.41 Å². The van der Waals surface area contributed by atoms with Gasteiger partial charge in [0.25, 0.3) is 0 Å². The Morgan fingerprint density at radius 3 is 1.44 bits per heavy atom. The molecule has 0 bridgehead atoms. The number of anilines is 1. The molecule has 0 saturated carbocycles. The van der Waals surface area contributed by atoms with Crippen LogP contribution in [0.2, 0.25) is 0 Å². The molecule has 2 unspecified atom stereocenters. The fourth-order valence-electron chi connectivity index (χ4n) is 4.12. The number of rotatable bonds is 8. The van der Waals surface area contributed by atoms with Crippen molar-refractivity contribution in [2.45, 2.75) is 44.2 Å². The molecule has 0 aliphatic rings. The third-order valence-electron chi connectivity index (χ3n) is 6.30. The molecule has 0 heterocycles. The van der Waals surface area contributed by atoms with Gasteiger partial charge < -0.3 is 14.9 Å². The number of nitrogens with zero attached hydrogens (tertiary/aromatic N) is 2. The van der Waals surface area contributed by atoms with Crippen LogP contribution in [0.25, 0.3) is 0 Å². The summed E-state index contributed by atoms with van der Waals surface area (Å²) in [6.45, 7) is 4.29. The highest BCUT2D eigenvalue weighted by Gasteiger charge is 2.41. The standard InChI is InChI=1S/C21H29NO.C8H11N/c1-5-20(23)21(16-17(2)22(3)4,18-12-8-6-9-13-18)19-14-10-7-11-15-19;1-9(2)8-6-4-3-5-7-8/h6-15,17,20,23H,5,16H2,1-4H3;3-7H,1-2H3. The molecule has 0 aliphatic heterocycles. The molecule has 0 aromatic heterocycles. The van der Waals surface area contributed by atoms with E-state index in [0.717, 1.165) is 12.8 Å². The second kappa shape index (κ2) is 12.4. The first-order chi connectivity index (χ1) is 15.3. The Bertz CT molecular complexity index is 839. The molecule has 3 heteroatoms. The van der Waals surface area contributed by atoms with Gasteiger partial charge in [-0.05, 0) is 57.1 Å². The minimum Gasteiger partial charge on any atom is -0.392 e. The van der Waals surface area contributed by atoms with E-state index < -0.39 is 6.10 Å². The Balaban J connectivity index is 0.000000336. The van der Waals surface area contributed by atoms with E-state index in [4.69, 9.17) is 0 Å². The maximum Gasteiger partial charge on any atom is 0.0675 e. The van der Waals surface area contributed by atoms with E-state index in [1.54, 1.807) is 0 Å². The molecule has 0 saturated heterocycles. The highest BCUT2D eigenvalue weighted by Crippen LogP contribution is 2.41. The van der Waals surface area contributed by atoms with E-state index in [1.165, 1.54) is 16.8 Å². The molecule has 0 fully saturated rings. The summed E-state index contributed by atoms with van der Waals surface area (Å²) in [6, 6.07) is 31.5. The minimum absolute atomic E-state index is 0.358. The van der Waals surface area contributed by atoms with Crippen molar-refractivity contribution in [2.24, 2.45) is 0 Å². The third-order valence-corrected chi connectivity index (χ3v) is 6.30.